The van der Waals surface area contributed by atoms with Gasteiger partial charge in [-0.1, -0.05) is 150 Å². The third-order valence-corrected chi connectivity index (χ3v) is 12.1. The molecule has 7 N–H and O–H groups in total. The molecule has 2 heterocycles. The zero-order valence-electron chi connectivity index (χ0n) is 42.7. The highest BCUT2D eigenvalue weighted by Gasteiger charge is 2.47. The van der Waals surface area contributed by atoms with Crippen molar-refractivity contribution in [2.24, 2.45) is 0 Å². The minimum atomic E-state index is -1.72. The van der Waals surface area contributed by atoms with E-state index in [1.54, 1.807) is 0 Å². The van der Waals surface area contributed by atoms with Crippen LogP contribution in [0.5, 0.6) is 0 Å². The van der Waals surface area contributed by atoms with Gasteiger partial charge in [0.2, 0.25) is 0 Å². The summed E-state index contributed by atoms with van der Waals surface area (Å²) in [6, 6.07) is 0. The second kappa shape index (κ2) is 42.7. The van der Waals surface area contributed by atoms with Crippen LogP contribution in [0, 0.1) is 0 Å². The molecule has 70 heavy (non-hydrogen) atoms. The zero-order valence-corrected chi connectivity index (χ0v) is 42.7. The van der Waals surface area contributed by atoms with Crippen molar-refractivity contribution in [3.63, 3.8) is 0 Å². The Balaban J connectivity index is 1.77. The minimum absolute atomic E-state index is 0.0305. The van der Waals surface area contributed by atoms with E-state index in [1.165, 1.54) is 32.1 Å². The van der Waals surface area contributed by atoms with Crippen LogP contribution in [-0.4, -0.2) is 142 Å². The van der Waals surface area contributed by atoms with Gasteiger partial charge >= 0.3 is 5.97 Å². The van der Waals surface area contributed by atoms with Gasteiger partial charge in [-0.25, -0.2) is 0 Å². The number of ether oxygens (including phenoxy) is 6. The van der Waals surface area contributed by atoms with Gasteiger partial charge in [-0.15, -0.1) is 0 Å². The summed E-state index contributed by atoms with van der Waals surface area (Å²) in [4.78, 5) is 13.0. The van der Waals surface area contributed by atoms with Crippen LogP contribution >= 0.6 is 0 Å². The topological polar surface area (TPSA) is 214 Å². The first-order valence-corrected chi connectivity index (χ1v) is 26.7. The number of carbonyl (C=O) groups is 1. The maximum absolute atomic E-state index is 13.0. The van der Waals surface area contributed by atoms with Gasteiger partial charge in [-0.2, -0.15) is 0 Å². The quantitative estimate of drug-likeness (QED) is 0.0174. The van der Waals surface area contributed by atoms with Crippen molar-refractivity contribution in [3.05, 3.63) is 85.1 Å². The Bertz CT molecular complexity index is 1480. The molecule has 402 valence electrons. The van der Waals surface area contributed by atoms with Gasteiger partial charge < -0.3 is 64.2 Å². The van der Waals surface area contributed by atoms with Crippen molar-refractivity contribution >= 4 is 5.97 Å². The van der Waals surface area contributed by atoms with E-state index in [-0.39, 0.29) is 19.6 Å². The third kappa shape index (κ3) is 29.6. The summed E-state index contributed by atoms with van der Waals surface area (Å²) in [5.74, 6) is -0.401. The Morgan fingerprint density at radius 2 is 0.929 bits per heavy atom. The third-order valence-electron chi connectivity index (χ3n) is 12.1. The molecule has 2 fully saturated rings. The van der Waals surface area contributed by atoms with E-state index in [0.29, 0.717) is 13.0 Å². The summed E-state index contributed by atoms with van der Waals surface area (Å²) in [7, 11) is 0. The van der Waals surface area contributed by atoms with Crippen molar-refractivity contribution < 1.29 is 69.0 Å². The molecule has 0 aliphatic carbocycles. The number of esters is 1. The molecule has 0 saturated carbocycles. The normalized spacial score (nSPS) is 26.2. The molecule has 0 aromatic heterocycles. The van der Waals surface area contributed by atoms with Crippen LogP contribution in [0.2, 0.25) is 0 Å². The highest BCUT2D eigenvalue weighted by molar-refractivity contribution is 5.69. The lowest BCUT2D eigenvalue weighted by Gasteiger charge is -2.42. The molecule has 2 rings (SSSR count). The summed E-state index contributed by atoms with van der Waals surface area (Å²) in [6.07, 6.45) is 37.9. The Hall–Kier alpha value is -2.83. The van der Waals surface area contributed by atoms with Crippen LogP contribution in [0.25, 0.3) is 0 Å². The summed E-state index contributed by atoms with van der Waals surface area (Å²) in [5.41, 5.74) is 0. The lowest BCUT2D eigenvalue weighted by Crippen LogP contribution is -2.61. The van der Waals surface area contributed by atoms with Gasteiger partial charge in [0.15, 0.2) is 12.6 Å². The zero-order chi connectivity index (χ0) is 50.9. The molecular weight excluding hydrogens is 897 g/mol. The minimum Gasteiger partial charge on any atom is -0.457 e. The van der Waals surface area contributed by atoms with E-state index in [0.717, 1.165) is 103 Å². The van der Waals surface area contributed by atoms with Crippen molar-refractivity contribution in [3.8, 4) is 0 Å². The fourth-order valence-electron chi connectivity index (χ4n) is 7.81. The predicted molar refractivity (Wildman–Crippen MR) is 275 cm³/mol. The Labute approximate surface area is 420 Å². The second-order valence-electron chi connectivity index (χ2n) is 18.3. The van der Waals surface area contributed by atoms with E-state index in [2.05, 4.69) is 98.9 Å². The molecule has 2 aliphatic rings. The molecule has 0 radical (unpaired) electrons. The fraction of sp³-hybridized carbons (Fsp3) is 0.732. The van der Waals surface area contributed by atoms with Gasteiger partial charge in [0.25, 0.3) is 0 Å². The number of hydrogen-bond acceptors (Lipinski definition) is 14. The highest BCUT2D eigenvalue weighted by atomic mass is 16.7. The fourth-order valence-corrected chi connectivity index (χ4v) is 7.81. The van der Waals surface area contributed by atoms with Crippen molar-refractivity contribution in [1.82, 2.24) is 0 Å². The smallest absolute Gasteiger partial charge is 0.306 e. The second-order valence-corrected chi connectivity index (χ2v) is 18.3. The summed E-state index contributed by atoms with van der Waals surface area (Å²) < 4.78 is 34.2. The van der Waals surface area contributed by atoms with Crippen LogP contribution in [0.1, 0.15) is 162 Å². The number of hydrogen-bond donors (Lipinski definition) is 7. The molecule has 11 unspecified atom stereocenters. The highest BCUT2D eigenvalue weighted by Crippen LogP contribution is 2.26. The molecule has 0 bridgehead atoms. The maximum Gasteiger partial charge on any atom is 0.306 e. The van der Waals surface area contributed by atoms with E-state index in [9.17, 15) is 40.5 Å². The van der Waals surface area contributed by atoms with Gasteiger partial charge in [-0.05, 0) is 89.9 Å². The van der Waals surface area contributed by atoms with Crippen molar-refractivity contribution in [1.29, 1.82) is 0 Å². The van der Waals surface area contributed by atoms with E-state index in [4.69, 9.17) is 28.4 Å². The van der Waals surface area contributed by atoms with E-state index in [1.807, 2.05) is 0 Å². The number of carbonyl (C=O) groups excluding carboxylic acids is 1. The first kappa shape index (κ1) is 63.3. The molecule has 0 spiro atoms. The number of rotatable bonds is 41. The molecule has 0 aromatic carbocycles. The van der Waals surface area contributed by atoms with Gasteiger partial charge in [0.1, 0.15) is 54.9 Å². The molecular formula is C56H94O14. The molecule has 14 heteroatoms. The first-order valence-electron chi connectivity index (χ1n) is 26.7. The molecule has 0 amide bonds. The van der Waals surface area contributed by atoms with Gasteiger partial charge in [0, 0.05) is 13.0 Å². The Morgan fingerprint density at radius 3 is 1.47 bits per heavy atom. The van der Waals surface area contributed by atoms with Crippen LogP contribution in [0.3, 0.4) is 0 Å². The SMILES string of the molecule is CC/C=C\C/C=C\C/C=C\C/C=C\C/C=C\C/C=C\CCCCCOCC(COC1OC(COC2OC(CO)C(O)C(O)C2O)C(O)C(O)C1O)OC(=O)CCCCCCC/C=C\CCCCCCC. The average Bonchev–Trinajstić information content (AvgIpc) is 3.36. The summed E-state index contributed by atoms with van der Waals surface area (Å²) in [5, 5.41) is 72.2. The average molecular weight is 991 g/mol. The van der Waals surface area contributed by atoms with Crippen molar-refractivity contribution in [2.75, 3.05) is 33.0 Å². The number of aliphatic hydroxyl groups excluding tert-OH is 7. The van der Waals surface area contributed by atoms with E-state index >= 15 is 0 Å². The molecule has 14 nitrogen and oxygen atoms in total. The largest absolute Gasteiger partial charge is 0.457 e. The lowest BCUT2D eigenvalue weighted by atomic mass is 9.98. The summed E-state index contributed by atoms with van der Waals surface area (Å²) in [6.45, 7) is 3.45. The Kier molecular flexibility index (Phi) is 38.6. The molecule has 2 aliphatic heterocycles. The number of allylic oxidation sites excluding steroid dienone is 14. The Morgan fingerprint density at radius 1 is 0.486 bits per heavy atom. The standard InChI is InChI=1S/C56H94O14/c1-3-5-7-9-11-13-15-17-19-20-21-22-23-24-25-26-28-30-32-34-36-38-40-65-42-45(68-48(58)39-37-35-33-31-29-27-18-16-14-12-10-8-6-4-2)43-66-55-54(64)52(62)50(60)47(70-55)44-67-56-53(63)51(61)49(59)46(41-57)69-56/h5,7,11,13,16-19,21-22,24-25,28,30,45-47,49-57,59-64H,3-4,6,8-10,12,14-15,20,23,26-27,29,31-44H2,1-2H3/b7-5-,13-11-,18-16-,19-17-,22-21-,25-24-,30-28-. The predicted octanol–water partition coefficient (Wildman–Crippen LogP) is 8.46. The van der Waals surface area contributed by atoms with Crippen LogP contribution in [0.15, 0.2) is 85.1 Å². The summed E-state index contributed by atoms with van der Waals surface area (Å²) >= 11 is 0. The van der Waals surface area contributed by atoms with Gasteiger partial charge in [0.05, 0.1) is 26.4 Å². The van der Waals surface area contributed by atoms with Crippen molar-refractivity contribution in [2.45, 2.75) is 229 Å². The molecule has 2 saturated heterocycles. The molecule has 0 aromatic rings. The van der Waals surface area contributed by atoms with Gasteiger partial charge in [-0.3, -0.25) is 4.79 Å². The molecule has 11 atom stereocenters. The maximum atomic E-state index is 13.0. The number of unbranched alkanes of at least 4 members (excludes halogenated alkanes) is 13. The van der Waals surface area contributed by atoms with Crippen LogP contribution in [0.4, 0.5) is 0 Å². The van der Waals surface area contributed by atoms with Crippen LogP contribution < -0.4 is 0 Å². The monoisotopic (exact) mass is 991 g/mol. The van der Waals surface area contributed by atoms with E-state index < -0.39 is 86.7 Å². The van der Waals surface area contributed by atoms with Crippen LogP contribution in [-0.2, 0) is 33.2 Å². The number of aliphatic hydroxyl groups is 7. The lowest BCUT2D eigenvalue weighted by molar-refractivity contribution is -0.332. The first-order chi connectivity index (χ1) is 34.1.